The Morgan fingerprint density at radius 3 is 2.23 bits per heavy atom. The van der Waals surface area contributed by atoms with Crippen LogP contribution in [0, 0.1) is 0 Å². The summed E-state index contributed by atoms with van der Waals surface area (Å²) in [5.41, 5.74) is 7.95. The first-order valence-electron chi connectivity index (χ1n) is 9.36. The molecule has 10 heteroatoms. The number of sulfone groups is 1. The van der Waals surface area contributed by atoms with Crippen molar-refractivity contribution < 1.29 is 22.2 Å². The monoisotopic (exact) mass is 443 g/mol. The number of phenols is 1. The minimum absolute atomic E-state index is 0. The lowest BCUT2D eigenvalue weighted by atomic mass is 10.1. The SMILES string of the molecule is CC(C)S(=O)(=O)c1ccc(-c2cnc(N)c(-c3nnc(-c4ccc(O)cc4)o3)n2)cc1.[HH].[HH].[HH]. The third-order valence-corrected chi connectivity index (χ3v) is 6.81. The number of nitrogen functional groups attached to an aromatic ring is 1. The van der Waals surface area contributed by atoms with Crippen LogP contribution in [0.25, 0.3) is 34.3 Å². The van der Waals surface area contributed by atoms with Gasteiger partial charge >= 0.3 is 0 Å². The van der Waals surface area contributed by atoms with Crippen LogP contribution in [-0.4, -0.2) is 38.9 Å². The van der Waals surface area contributed by atoms with E-state index in [1.165, 1.54) is 30.5 Å². The van der Waals surface area contributed by atoms with Gasteiger partial charge in [-0.15, -0.1) is 10.2 Å². The highest BCUT2D eigenvalue weighted by Crippen LogP contribution is 2.29. The van der Waals surface area contributed by atoms with Crippen molar-refractivity contribution in [1.82, 2.24) is 20.2 Å². The predicted octanol–water partition coefficient (Wildman–Crippen LogP) is 4.07. The van der Waals surface area contributed by atoms with Gasteiger partial charge in [-0.3, -0.25) is 0 Å². The second-order valence-corrected chi connectivity index (χ2v) is 9.57. The van der Waals surface area contributed by atoms with Crippen LogP contribution >= 0.6 is 0 Å². The highest BCUT2D eigenvalue weighted by molar-refractivity contribution is 7.92. The van der Waals surface area contributed by atoms with Crippen molar-refractivity contribution in [2.75, 3.05) is 5.73 Å². The van der Waals surface area contributed by atoms with Crippen LogP contribution < -0.4 is 5.73 Å². The van der Waals surface area contributed by atoms with E-state index in [1.807, 2.05) is 0 Å². The predicted molar refractivity (Wildman–Crippen MR) is 121 cm³/mol. The summed E-state index contributed by atoms with van der Waals surface area (Å²) in [6, 6.07) is 12.7. The molecule has 0 amide bonds. The van der Waals surface area contributed by atoms with Crippen LogP contribution in [0.5, 0.6) is 5.75 Å². The number of aromatic hydroxyl groups is 1. The van der Waals surface area contributed by atoms with E-state index in [4.69, 9.17) is 10.2 Å². The van der Waals surface area contributed by atoms with Crippen LogP contribution in [0.1, 0.15) is 18.1 Å². The molecular formula is C21H25N5O4S. The summed E-state index contributed by atoms with van der Waals surface area (Å²) in [7, 11) is -3.37. The average molecular weight is 444 g/mol. The van der Waals surface area contributed by atoms with Crippen molar-refractivity contribution >= 4 is 15.7 Å². The van der Waals surface area contributed by atoms with Gasteiger partial charge < -0.3 is 15.3 Å². The molecule has 9 nitrogen and oxygen atoms in total. The van der Waals surface area contributed by atoms with Crippen molar-refractivity contribution in [3.8, 4) is 40.0 Å². The van der Waals surface area contributed by atoms with Crippen molar-refractivity contribution in [3.05, 3.63) is 54.7 Å². The van der Waals surface area contributed by atoms with Crippen molar-refractivity contribution in [3.63, 3.8) is 0 Å². The van der Waals surface area contributed by atoms with Gasteiger partial charge in [0.25, 0.3) is 5.89 Å². The number of nitrogens with zero attached hydrogens (tertiary/aromatic N) is 4. The van der Waals surface area contributed by atoms with E-state index in [0.29, 0.717) is 16.8 Å². The number of hydrogen-bond acceptors (Lipinski definition) is 9. The molecule has 0 fully saturated rings. The first-order chi connectivity index (χ1) is 14.8. The van der Waals surface area contributed by atoms with Gasteiger partial charge in [-0.05, 0) is 50.2 Å². The number of nitrogens with two attached hydrogens (primary N) is 1. The fourth-order valence-corrected chi connectivity index (χ4v) is 3.88. The van der Waals surface area contributed by atoms with Crippen LogP contribution in [0.4, 0.5) is 5.82 Å². The second kappa shape index (κ2) is 7.80. The number of phenolic OH excluding ortho intramolecular Hbond substituents is 1. The fraction of sp³-hybridized carbons (Fsp3) is 0.143. The molecule has 2 aromatic carbocycles. The lowest BCUT2D eigenvalue weighted by molar-refractivity contribution is 0.475. The Labute approximate surface area is 183 Å². The van der Waals surface area contributed by atoms with E-state index < -0.39 is 15.1 Å². The van der Waals surface area contributed by atoms with Gasteiger partial charge in [-0.1, -0.05) is 12.1 Å². The molecule has 0 spiro atoms. The molecule has 0 aliphatic heterocycles. The van der Waals surface area contributed by atoms with Crippen LogP contribution in [0.3, 0.4) is 0 Å². The molecule has 0 saturated carbocycles. The lowest BCUT2D eigenvalue weighted by Gasteiger charge is -2.09. The summed E-state index contributed by atoms with van der Waals surface area (Å²) in [5, 5.41) is 16.9. The molecule has 2 aromatic heterocycles. The Balaban J connectivity index is 0.00000193. The Hall–Kier alpha value is -3.79. The van der Waals surface area contributed by atoms with E-state index in [1.54, 1.807) is 38.1 Å². The van der Waals surface area contributed by atoms with Crippen molar-refractivity contribution in [2.24, 2.45) is 0 Å². The highest BCUT2D eigenvalue weighted by Gasteiger charge is 2.20. The molecule has 0 aliphatic rings. The molecular weight excluding hydrogens is 418 g/mol. The average Bonchev–Trinajstić information content (AvgIpc) is 3.24. The van der Waals surface area contributed by atoms with Crippen LogP contribution in [-0.2, 0) is 9.84 Å². The maximum atomic E-state index is 12.3. The van der Waals surface area contributed by atoms with Crippen molar-refractivity contribution in [2.45, 2.75) is 24.0 Å². The van der Waals surface area contributed by atoms with Crippen LogP contribution in [0.15, 0.2) is 64.0 Å². The number of hydrogen-bond donors (Lipinski definition) is 2. The zero-order valence-electron chi connectivity index (χ0n) is 16.7. The van der Waals surface area contributed by atoms with Gasteiger partial charge in [-0.25, -0.2) is 18.4 Å². The first kappa shape index (κ1) is 20.5. The Kier molecular flexibility index (Phi) is 5.15. The Morgan fingerprint density at radius 2 is 1.58 bits per heavy atom. The smallest absolute Gasteiger partial charge is 0.270 e. The normalized spacial score (nSPS) is 11.7. The lowest BCUT2D eigenvalue weighted by Crippen LogP contribution is -2.13. The minimum Gasteiger partial charge on any atom is -0.508 e. The van der Waals surface area contributed by atoms with Gasteiger partial charge in [0, 0.05) is 15.4 Å². The van der Waals surface area contributed by atoms with Gasteiger partial charge in [0.2, 0.25) is 5.89 Å². The third-order valence-electron chi connectivity index (χ3n) is 4.64. The summed E-state index contributed by atoms with van der Waals surface area (Å²) in [6.45, 7) is 3.27. The maximum absolute atomic E-state index is 12.3. The standard InChI is InChI=1S/C21H19N5O4S.3H2/c1-12(2)31(28,29)16-9-5-13(6-10-16)17-11-23-19(22)18(24-17)21-26-25-20(30-21)14-3-7-15(27)8-4-14;;;/h3-12,27H,1-2H3,(H2,22,23);3*1H. The molecule has 3 N–H and O–H groups in total. The zero-order chi connectivity index (χ0) is 22.2. The van der Waals surface area contributed by atoms with E-state index in [0.717, 1.165) is 0 Å². The molecule has 4 aromatic rings. The van der Waals surface area contributed by atoms with E-state index in [9.17, 15) is 13.5 Å². The quantitative estimate of drug-likeness (QED) is 0.466. The summed E-state index contributed by atoms with van der Waals surface area (Å²) in [6.07, 6.45) is 1.49. The summed E-state index contributed by atoms with van der Waals surface area (Å²) < 4.78 is 30.3. The van der Waals surface area contributed by atoms with Gasteiger partial charge in [-0.2, -0.15) is 0 Å². The van der Waals surface area contributed by atoms with Gasteiger partial charge in [0.05, 0.1) is 22.0 Å². The molecule has 0 saturated heterocycles. The largest absolute Gasteiger partial charge is 0.508 e. The molecule has 0 bridgehead atoms. The Bertz CT molecular complexity index is 1350. The molecule has 164 valence electrons. The minimum atomic E-state index is -3.37. The molecule has 0 unspecified atom stereocenters. The summed E-state index contributed by atoms with van der Waals surface area (Å²) in [5.74, 6) is 0.570. The highest BCUT2D eigenvalue weighted by atomic mass is 32.2. The van der Waals surface area contributed by atoms with E-state index >= 15 is 0 Å². The van der Waals surface area contributed by atoms with E-state index in [-0.39, 0.29) is 38.2 Å². The second-order valence-electron chi connectivity index (χ2n) is 7.07. The summed E-state index contributed by atoms with van der Waals surface area (Å²) >= 11 is 0. The molecule has 0 atom stereocenters. The Morgan fingerprint density at radius 1 is 0.968 bits per heavy atom. The van der Waals surface area contributed by atoms with E-state index in [2.05, 4.69) is 20.2 Å². The molecule has 4 rings (SSSR count). The fourth-order valence-electron chi connectivity index (χ4n) is 2.82. The third kappa shape index (κ3) is 3.97. The zero-order valence-corrected chi connectivity index (χ0v) is 17.5. The van der Waals surface area contributed by atoms with Gasteiger partial charge in [0.1, 0.15) is 5.75 Å². The van der Waals surface area contributed by atoms with Gasteiger partial charge in [0.15, 0.2) is 21.3 Å². The number of rotatable bonds is 5. The number of aromatic nitrogens is 4. The maximum Gasteiger partial charge on any atom is 0.270 e. The number of benzene rings is 2. The number of anilines is 1. The molecule has 2 heterocycles. The molecule has 0 aliphatic carbocycles. The van der Waals surface area contributed by atoms with Crippen molar-refractivity contribution in [1.29, 1.82) is 0 Å². The van der Waals surface area contributed by atoms with Crippen LogP contribution in [0.2, 0.25) is 0 Å². The molecule has 0 radical (unpaired) electrons. The summed E-state index contributed by atoms with van der Waals surface area (Å²) in [4.78, 5) is 8.89. The first-order valence-corrected chi connectivity index (χ1v) is 10.9. The molecule has 31 heavy (non-hydrogen) atoms. The topological polar surface area (TPSA) is 145 Å².